The molecule has 1 aliphatic heterocycles. The molecule has 0 aliphatic carbocycles. The molecule has 5 nitrogen and oxygen atoms in total. The average Bonchev–Trinajstić information content (AvgIpc) is 3.09. The van der Waals surface area contributed by atoms with E-state index in [-0.39, 0.29) is 29.0 Å². The number of anilines is 2. The molecule has 1 saturated heterocycles. The Morgan fingerprint density at radius 2 is 1.93 bits per heavy atom. The summed E-state index contributed by atoms with van der Waals surface area (Å²) in [6.07, 6.45) is -3.82. The van der Waals surface area contributed by atoms with E-state index in [0.717, 1.165) is 12.5 Å². The molecule has 9 heteroatoms. The zero-order valence-electron chi connectivity index (χ0n) is 16.1. The minimum absolute atomic E-state index is 0.0716. The van der Waals surface area contributed by atoms with Crippen molar-refractivity contribution in [3.05, 3.63) is 52.5 Å². The summed E-state index contributed by atoms with van der Waals surface area (Å²) in [5.41, 5.74) is -0.674. The molecule has 160 valence electrons. The molecule has 0 radical (unpaired) electrons. The first kappa shape index (κ1) is 22.1. The van der Waals surface area contributed by atoms with E-state index in [1.54, 1.807) is 24.3 Å². The van der Waals surface area contributed by atoms with Gasteiger partial charge >= 0.3 is 6.18 Å². The molecule has 0 unspecified atom stereocenters. The second-order valence-corrected chi connectivity index (χ2v) is 7.84. The summed E-state index contributed by atoms with van der Waals surface area (Å²) in [4.78, 5) is 26.4. The fourth-order valence-corrected chi connectivity index (χ4v) is 3.53. The second-order valence-electron chi connectivity index (χ2n) is 6.92. The van der Waals surface area contributed by atoms with Crippen molar-refractivity contribution < 1.29 is 27.5 Å². The van der Waals surface area contributed by atoms with Crippen LogP contribution in [0, 0.1) is 5.92 Å². The topological polar surface area (TPSA) is 58.6 Å². The van der Waals surface area contributed by atoms with E-state index in [9.17, 15) is 22.8 Å². The normalized spacial score (nSPS) is 16.6. The van der Waals surface area contributed by atoms with Gasteiger partial charge in [0, 0.05) is 23.1 Å². The van der Waals surface area contributed by atoms with Crippen LogP contribution in [0.25, 0.3) is 0 Å². The van der Waals surface area contributed by atoms with Gasteiger partial charge in [-0.2, -0.15) is 13.2 Å². The Morgan fingerprint density at radius 3 is 2.57 bits per heavy atom. The van der Waals surface area contributed by atoms with E-state index in [0.29, 0.717) is 18.0 Å². The quantitative estimate of drug-likeness (QED) is 0.609. The number of rotatable bonds is 6. The van der Waals surface area contributed by atoms with Crippen LogP contribution in [0.15, 0.2) is 46.9 Å². The van der Waals surface area contributed by atoms with Crippen molar-refractivity contribution in [3.63, 3.8) is 0 Å². The summed E-state index contributed by atoms with van der Waals surface area (Å²) in [5, 5.41) is 2.33. The summed E-state index contributed by atoms with van der Waals surface area (Å²) in [7, 11) is 0. The van der Waals surface area contributed by atoms with Crippen molar-refractivity contribution in [2.24, 2.45) is 5.92 Å². The van der Waals surface area contributed by atoms with E-state index in [1.165, 1.54) is 17.0 Å². The van der Waals surface area contributed by atoms with E-state index in [2.05, 4.69) is 21.2 Å². The van der Waals surface area contributed by atoms with E-state index in [1.807, 2.05) is 6.92 Å². The Kier molecular flexibility index (Phi) is 6.70. The Morgan fingerprint density at radius 1 is 1.23 bits per heavy atom. The number of ether oxygens (including phenoxy) is 1. The molecular formula is C21H20BrF3N2O3. The van der Waals surface area contributed by atoms with Gasteiger partial charge in [0.25, 0.3) is 0 Å². The third kappa shape index (κ3) is 5.13. The van der Waals surface area contributed by atoms with E-state index in [4.69, 9.17) is 4.74 Å². The number of alkyl halides is 3. The highest BCUT2D eigenvalue weighted by atomic mass is 79.9. The van der Waals surface area contributed by atoms with E-state index < -0.39 is 23.6 Å². The smallest absolute Gasteiger partial charge is 0.418 e. The predicted molar refractivity (Wildman–Crippen MR) is 110 cm³/mol. The van der Waals surface area contributed by atoms with Gasteiger partial charge in [0.1, 0.15) is 5.75 Å². The number of nitrogens with zero attached hydrogens (tertiary/aromatic N) is 1. The Balaban J connectivity index is 1.70. The molecule has 3 rings (SSSR count). The number of hydrogen-bond donors (Lipinski definition) is 1. The maximum absolute atomic E-state index is 13.3. The van der Waals surface area contributed by atoms with Crippen LogP contribution >= 0.6 is 15.9 Å². The van der Waals surface area contributed by atoms with Gasteiger partial charge in [-0.05, 0) is 48.9 Å². The van der Waals surface area contributed by atoms with Crippen molar-refractivity contribution in [1.29, 1.82) is 0 Å². The number of nitrogens with one attached hydrogen (secondary N) is 1. The second kappa shape index (κ2) is 9.07. The summed E-state index contributed by atoms with van der Waals surface area (Å²) < 4.78 is 45.6. The van der Waals surface area contributed by atoms with Gasteiger partial charge in [0.05, 0.1) is 23.8 Å². The number of hydrogen-bond acceptors (Lipinski definition) is 3. The van der Waals surface area contributed by atoms with Gasteiger partial charge in [-0.15, -0.1) is 0 Å². The van der Waals surface area contributed by atoms with Gasteiger partial charge in [0.15, 0.2) is 0 Å². The average molecular weight is 485 g/mol. The van der Waals surface area contributed by atoms with Gasteiger partial charge in [0.2, 0.25) is 11.8 Å². The van der Waals surface area contributed by atoms with Crippen LogP contribution in [0.1, 0.15) is 25.3 Å². The molecule has 0 saturated carbocycles. The van der Waals surface area contributed by atoms with Crippen molar-refractivity contribution in [1.82, 2.24) is 0 Å². The zero-order valence-corrected chi connectivity index (χ0v) is 17.7. The SMILES string of the molecule is CCCOc1ccc(N2C[C@H](C(=O)Nc3ccc(Br)cc3C(F)(F)F)CC2=O)cc1. The van der Waals surface area contributed by atoms with Crippen LogP contribution in [0.4, 0.5) is 24.5 Å². The third-order valence-electron chi connectivity index (χ3n) is 4.66. The fraction of sp³-hybridized carbons (Fsp3) is 0.333. The summed E-state index contributed by atoms with van der Waals surface area (Å²) in [6, 6.07) is 10.4. The maximum atomic E-state index is 13.3. The minimum atomic E-state index is -4.62. The Hall–Kier alpha value is -2.55. The molecule has 1 N–H and O–H groups in total. The van der Waals surface area contributed by atoms with Gasteiger partial charge in [-0.25, -0.2) is 0 Å². The molecular weight excluding hydrogens is 465 g/mol. The molecule has 2 amide bonds. The predicted octanol–water partition coefficient (Wildman–Crippen LogP) is 5.25. The van der Waals surface area contributed by atoms with Gasteiger partial charge < -0.3 is 15.0 Å². The van der Waals surface area contributed by atoms with Crippen LogP contribution in [-0.4, -0.2) is 25.0 Å². The lowest BCUT2D eigenvalue weighted by Gasteiger charge is -2.18. The van der Waals surface area contributed by atoms with Crippen LogP contribution < -0.4 is 15.0 Å². The van der Waals surface area contributed by atoms with Crippen molar-refractivity contribution in [3.8, 4) is 5.75 Å². The van der Waals surface area contributed by atoms with Crippen molar-refractivity contribution in [2.45, 2.75) is 25.9 Å². The Labute approximate surface area is 180 Å². The van der Waals surface area contributed by atoms with Crippen LogP contribution in [-0.2, 0) is 15.8 Å². The third-order valence-corrected chi connectivity index (χ3v) is 5.16. The number of amides is 2. The van der Waals surface area contributed by atoms with Gasteiger partial charge in [-0.1, -0.05) is 22.9 Å². The molecule has 1 aliphatic rings. The van der Waals surface area contributed by atoms with Crippen molar-refractivity contribution >= 4 is 39.1 Å². The number of halogens is 4. The van der Waals surface area contributed by atoms with Crippen LogP contribution in [0.3, 0.4) is 0 Å². The highest BCUT2D eigenvalue weighted by molar-refractivity contribution is 9.10. The molecule has 0 spiro atoms. The molecule has 1 fully saturated rings. The number of benzene rings is 2. The summed E-state index contributed by atoms with van der Waals surface area (Å²) >= 11 is 3.01. The largest absolute Gasteiger partial charge is 0.494 e. The van der Waals surface area contributed by atoms with Gasteiger partial charge in [-0.3, -0.25) is 9.59 Å². The number of carbonyl (C=O) groups excluding carboxylic acids is 2. The summed E-state index contributed by atoms with van der Waals surface area (Å²) in [6.45, 7) is 2.67. The highest BCUT2D eigenvalue weighted by Crippen LogP contribution is 2.37. The maximum Gasteiger partial charge on any atom is 0.418 e. The monoisotopic (exact) mass is 484 g/mol. The first-order chi connectivity index (χ1) is 14.2. The molecule has 1 atom stereocenters. The number of carbonyl (C=O) groups is 2. The van der Waals surface area contributed by atoms with E-state index >= 15 is 0 Å². The highest BCUT2D eigenvalue weighted by Gasteiger charge is 2.38. The first-order valence-electron chi connectivity index (χ1n) is 9.40. The molecule has 2 aromatic rings. The lowest BCUT2D eigenvalue weighted by Crippen LogP contribution is -2.28. The Bertz CT molecular complexity index is 932. The fourth-order valence-electron chi connectivity index (χ4n) is 3.17. The van der Waals surface area contributed by atoms with Crippen molar-refractivity contribution in [2.75, 3.05) is 23.4 Å². The molecule has 0 bridgehead atoms. The molecule has 0 aromatic heterocycles. The molecule has 30 heavy (non-hydrogen) atoms. The van der Waals surface area contributed by atoms with Crippen LogP contribution in [0.2, 0.25) is 0 Å². The zero-order chi connectivity index (χ0) is 21.9. The minimum Gasteiger partial charge on any atom is -0.494 e. The van der Waals surface area contributed by atoms with Crippen LogP contribution in [0.5, 0.6) is 5.75 Å². The first-order valence-corrected chi connectivity index (χ1v) is 10.2. The lowest BCUT2D eigenvalue weighted by molar-refractivity contribution is -0.137. The molecule has 2 aromatic carbocycles. The standard InChI is InChI=1S/C21H20BrF3N2O3/c1-2-9-30-16-6-4-15(5-7-16)27-12-13(10-19(27)28)20(29)26-18-8-3-14(22)11-17(18)21(23,24)25/h3-8,11,13H,2,9-10,12H2,1H3,(H,26,29)/t13-/m1/s1. The summed E-state index contributed by atoms with van der Waals surface area (Å²) in [5.74, 6) is -0.958. The molecule has 1 heterocycles. The lowest BCUT2D eigenvalue weighted by atomic mass is 10.1.